The first kappa shape index (κ1) is 22.3. The summed E-state index contributed by atoms with van der Waals surface area (Å²) in [4.78, 5) is 20.3. The highest BCUT2D eigenvalue weighted by molar-refractivity contribution is 6.06. The van der Waals surface area contributed by atoms with Gasteiger partial charge in [-0.05, 0) is 42.3 Å². The van der Waals surface area contributed by atoms with Crippen molar-refractivity contribution < 1.29 is 18.0 Å². The Labute approximate surface area is 187 Å². The van der Waals surface area contributed by atoms with Crippen molar-refractivity contribution in [2.45, 2.75) is 19.9 Å². The smallest absolute Gasteiger partial charge is 0.261 e. The largest absolute Gasteiger partial charge is 0.336 e. The minimum Gasteiger partial charge on any atom is -0.336 e. The predicted octanol–water partition coefficient (Wildman–Crippen LogP) is 4.79. The Morgan fingerprint density at radius 2 is 1.73 bits per heavy atom. The molecule has 7 nitrogen and oxygen atoms in total. The van der Waals surface area contributed by atoms with E-state index in [9.17, 15) is 18.0 Å². The van der Waals surface area contributed by atoms with Crippen molar-refractivity contribution in [1.82, 2.24) is 20.2 Å². The number of anilines is 1. The monoisotopic (exact) mass is 454 g/mol. The molecule has 1 atom stereocenters. The summed E-state index contributed by atoms with van der Waals surface area (Å²) in [6.07, 6.45) is 1.37. The molecule has 1 unspecified atom stereocenters. The van der Waals surface area contributed by atoms with E-state index in [1.807, 2.05) is 13.8 Å². The highest BCUT2D eigenvalue weighted by atomic mass is 19.1. The Bertz CT molecular complexity index is 1280. The molecule has 10 heteroatoms. The topological polar surface area (TPSA) is 112 Å². The van der Waals surface area contributed by atoms with Crippen LogP contribution < -0.4 is 11.1 Å². The van der Waals surface area contributed by atoms with Crippen LogP contribution in [0.5, 0.6) is 0 Å². The maximum atomic E-state index is 14.0. The van der Waals surface area contributed by atoms with Gasteiger partial charge in [0.2, 0.25) is 0 Å². The van der Waals surface area contributed by atoms with E-state index in [0.29, 0.717) is 17.0 Å². The van der Waals surface area contributed by atoms with E-state index in [2.05, 4.69) is 25.5 Å². The number of hydrogen-bond donors (Lipinski definition) is 4. The van der Waals surface area contributed by atoms with Gasteiger partial charge < -0.3 is 16.0 Å². The molecule has 0 saturated carbocycles. The van der Waals surface area contributed by atoms with Crippen molar-refractivity contribution in [1.29, 1.82) is 0 Å². The van der Waals surface area contributed by atoms with E-state index >= 15 is 0 Å². The van der Waals surface area contributed by atoms with Crippen LogP contribution in [-0.2, 0) is 0 Å². The Morgan fingerprint density at radius 1 is 1.06 bits per heavy atom. The van der Waals surface area contributed by atoms with Crippen molar-refractivity contribution in [3.05, 3.63) is 77.4 Å². The van der Waals surface area contributed by atoms with Crippen LogP contribution in [0.25, 0.3) is 22.8 Å². The van der Waals surface area contributed by atoms with Gasteiger partial charge in [-0.25, -0.2) is 18.2 Å². The molecule has 1 amide bonds. The summed E-state index contributed by atoms with van der Waals surface area (Å²) in [7, 11) is 0. The second-order valence-electron chi connectivity index (χ2n) is 7.82. The van der Waals surface area contributed by atoms with E-state index in [0.717, 1.165) is 12.1 Å². The van der Waals surface area contributed by atoms with E-state index in [1.165, 1.54) is 24.4 Å². The number of hydrogen-bond acceptors (Lipinski definition) is 4. The minimum absolute atomic E-state index is 0.0442. The number of rotatable bonds is 6. The van der Waals surface area contributed by atoms with Crippen molar-refractivity contribution in [3.8, 4) is 22.8 Å². The van der Waals surface area contributed by atoms with Crippen molar-refractivity contribution >= 4 is 11.6 Å². The van der Waals surface area contributed by atoms with Gasteiger partial charge >= 0.3 is 0 Å². The summed E-state index contributed by atoms with van der Waals surface area (Å²) in [6, 6.07) is 8.55. The number of amides is 1. The van der Waals surface area contributed by atoms with E-state index in [4.69, 9.17) is 5.73 Å². The number of benzene rings is 2. The third-order valence-corrected chi connectivity index (χ3v) is 5.20. The number of carbonyl (C=O) groups is 1. The number of nitrogens with two attached hydrogens (primary N) is 1. The molecule has 5 N–H and O–H groups in total. The normalized spacial score (nSPS) is 12.2. The van der Waals surface area contributed by atoms with Gasteiger partial charge in [0.1, 0.15) is 23.0 Å². The van der Waals surface area contributed by atoms with Gasteiger partial charge in [-0.3, -0.25) is 9.89 Å². The molecule has 33 heavy (non-hydrogen) atoms. The van der Waals surface area contributed by atoms with Gasteiger partial charge in [0.05, 0.1) is 23.1 Å². The third kappa shape index (κ3) is 4.37. The molecule has 4 rings (SSSR count). The Kier molecular flexibility index (Phi) is 6.01. The Balaban J connectivity index is 1.74. The fourth-order valence-corrected chi connectivity index (χ4v) is 3.36. The first-order valence-electron chi connectivity index (χ1n) is 10.2. The molecular weight excluding hydrogens is 433 g/mol. The van der Waals surface area contributed by atoms with E-state index in [-0.39, 0.29) is 28.9 Å². The lowest BCUT2D eigenvalue weighted by molar-refractivity contribution is 0.101. The quantitative estimate of drug-likeness (QED) is 0.335. The molecule has 2 heterocycles. The number of nitrogens with zero attached hydrogens (tertiary/aromatic N) is 2. The summed E-state index contributed by atoms with van der Waals surface area (Å²) in [5.41, 5.74) is 7.80. The number of H-pyrrole nitrogens is 2. The van der Waals surface area contributed by atoms with Gasteiger partial charge in [0, 0.05) is 11.8 Å². The van der Waals surface area contributed by atoms with E-state index in [1.54, 1.807) is 12.1 Å². The lowest BCUT2D eigenvalue weighted by Crippen LogP contribution is -2.18. The second kappa shape index (κ2) is 8.91. The average Bonchev–Trinajstić information content (AvgIpc) is 3.40. The first-order valence-corrected chi connectivity index (χ1v) is 10.2. The van der Waals surface area contributed by atoms with Gasteiger partial charge in [-0.2, -0.15) is 5.10 Å². The molecule has 2 aromatic carbocycles. The zero-order valence-corrected chi connectivity index (χ0v) is 17.8. The molecule has 170 valence electrons. The molecule has 0 saturated heterocycles. The first-order chi connectivity index (χ1) is 15.8. The summed E-state index contributed by atoms with van der Waals surface area (Å²) < 4.78 is 41.4. The zero-order chi connectivity index (χ0) is 23.7. The number of imidazole rings is 1. The highest BCUT2D eigenvalue weighted by Crippen LogP contribution is 2.33. The second-order valence-corrected chi connectivity index (χ2v) is 7.82. The SMILES string of the molecule is CC(C)C(N)c1nc(-c2n[nH]cc2NC(=O)c2c(F)cccc2F)[nH]c1-c1ccc(F)cc1. The van der Waals surface area contributed by atoms with Crippen LogP contribution in [0.2, 0.25) is 0 Å². The van der Waals surface area contributed by atoms with Crippen molar-refractivity contribution in [2.24, 2.45) is 11.7 Å². The molecule has 4 aromatic rings. The summed E-state index contributed by atoms with van der Waals surface area (Å²) in [5.74, 6) is -3.02. The maximum absolute atomic E-state index is 14.0. The standard InChI is InChI=1S/C23H21F3N6O/c1-11(2)18(27)21-19(12-6-8-13(24)9-7-12)30-22(31-21)20-16(10-28-32-20)29-23(33)17-14(25)4-3-5-15(17)26/h3-11,18H,27H2,1-2H3,(H,28,32)(H,29,33)(H,30,31). The maximum Gasteiger partial charge on any atom is 0.261 e. The van der Waals surface area contributed by atoms with Crippen molar-refractivity contribution in [2.75, 3.05) is 5.32 Å². The number of aromatic amines is 2. The Hall–Kier alpha value is -3.92. The predicted molar refractivity (Wildman–Crippen MR) is 118 cm³/mol. The zero-order valence-electron chi connectivity index (χ0n) is 17.8. The van der Waals surface area contributed by atoms with Crippen LogP contribution in [-0.4, -0.2) is 26.1 Å². The lowest BCUT2D eigenvalue weighted by Gasteiger charge is -2.15. The molecule has 0 aliphatic rings. The number of nitrogens with one attached hydrogen (secondary N) is 3. The fourth-order valence-electron chi connectivity index (χ4n) is 3.36. The third-order valence-electron chi connectivity index (χ3n) is 5.20. The molecule has 0 spiro atoms. The van der Waals surface area contributed by atoms with Crippen LogP contribution in [0.4, 0.5) is 18.9 Å². The summed E-state index contributed by atoms with van der Waals surface area (Å²) in [6.45, 7) is 3.88. The molecule has 0 fully saturated rings. The van der Waals surface area contributed by atoms with Crippen LogP contribution in [0.3, 0.4) is 0 Å². The molecule has 0 aliphatic heterocycles. The van der Waals surface area contributed by atoms with Crippen LogP contribution in [0.1, 0.15) is 35.9 Å². The summed E-state index contributed by atoms with van der Waals surface area (Å²) >= 11 is 0. The van der Waals surface area contributed by atoms with Crippen LogP contribution >= 0.6 is 0 Å². The molecular formula is C23H21F3N6O. The van der Waals surface area contributed by atoms with Gasteiger partial charge in [0.15, 0.2) is 11.5 Å². The average molecular weight is 454 g/mol. The number of halogens is 3. The van der Waals surface area contributed by atoms with Gasteiger partial charge in [-0.15, -0.1) is 0 Å². The fraction of sp³-hybridized carbons (Fsp3) is 0.174. The molecule has 0 bridgehead atoms. The molecule has 0 aliphatic carbocycles. The Morgan fingerprint density at radius 3 is 2.36 bits per heavy atom. The van der Waals surface area contributed by atoms with Crippen LogP contribution in [0.15, 0.2) is 48.7 Å². The number of aromatic nitrogens is 4. The van der Waals surface area contributed by atoms with Gasteiger partial charge in [0.25, 0.3) is 5.91 Å². The molecule has 0 radical (unpaired) electrons. The summed E-state index contributed by atoms with van der Waals surface area (Å²) in [5, 5.41) is 9.20. The molecule has 2 aromatic heterocycles. The lowest BCUT2D eigenvalue weighted by atomic mass is 9.98. The van der Waals surface area contributed by atoms with Crippen LogP contribution in [0, 0.1) is 23.4 Å². The van der Waals surface area contributed by atoms with E-state index < -0.39 is 29.1 Å². The van der Waals surface area contributed by atoms with Gasteiger partial charge in [-0.1, -0.05) is 19.9 Å². The highest BCUT2D eigenvalue weighted by Gasteiger charge is 2.25. The van der Waals surface area contributed by atoms with Crippen molar-refractivity contribution in [3.63, 3.8) is 0 Å². The number of carbonyl (C=O) groups excluding carboxylic acids is 1. The minimum atomic E-state index is -0.987.